The first-order valence-electron chi connectivity index (χ1n) is 11.2. The van der Waals surface area contributed by atoms with Crippen LogP contribution in [0.4, 0.5) is 5.82 Å². The van der Waals surface area contributed by atoms with Crippen molar-refractivity contribution >= 4 is 34.4 Å². The minimum atomic E-state index is -0.0119. The van der Waals surface area contributed by atoms with Crippen LogP contribution in [-0.4, -0.2) is 63.3 Å². The molecular formula is C25H25ClN6O2. The Bertz CT molecular complexity index is 1350. The van der Waals surface area contributed by atoms with Gasteiger partial charge in [0.05, 0.1) is 17.3 Å². The highest BCUT2D eigenvalue weighted by molar-refractivity contribution is 6.30. The number of carbonyl (C=O) groups is 1. The van der Waals surface area contributed by atoms with Gasteiger partial charge in [-0.25, -0.2) is 14.6 Å². The maximum Gasteiger partial charge on any atom is 0.260 e. The quantitative estimate of drug-likeness (QED) is 0.436. The second-order valence-electron chi connectivity index (χ2n) is 8.33. The van der Waals surface area contributed by atoms with E-state index in [0.29, 0.717) is 36.8 Å². The normalized spacial score (nSPS) is 14.0. The average molecular weight is 477 g/mol. The molecular weight excluding hydrogens is 452 g/mol. The lowest BCUT2D eigenvalue weighted by atomic mass is 10.1. The van der Waals surface area contributed by atoms with E-state index in [1.807, 2.05) is 61.2 Å². The Morgan fingerprint density at radius 3 is 2.65 bits per heavy atom. The third-order valence-electron chi connectivity index (χ3n) is 6.24. The highest BCUT2D eigenvalue weighted by Gasteiger charge is 2.24. The Labute approximate surface area is 202 Å². The van der Waals surface area contributed by atoms with Gasteiger partial charge in [-0.1, -0.05) is 29.8 Å². The van der Waals surface area contributed by atoms with Gasteiger partial charge in [0, 0.05) is 31.2 Å². The number of aromatic nitrogens is 4. The molecule has 0 bridgehead atoms. The molecule has 0 saturated carbocycles. The van der Waals surface area contributed by atoms with Crippen LogP contribution in [0.5, 0.6) is 5.75 Å². The van der Waals surface area contributed by atoms with Gasteiger partial charge in [-0.2, -0.15) is 5.10 Å². The number of carbonyl (C=O) groups excluding carboxylic acids is 1. The molecule has 2 aromatic heterocycles. The molecule has 9 heteroatoms. The number of anilines is 1. The third-order valence-corrected chi connectivity index (χ3v) is 6.47. The number of rotatable bonds is 5. The zero-order valence-electron chi connectivity index (χ0n) is 19.1. The number of amides is 1. The molecule has 5 rings (SSSR count). The SMILES string of the molecule is Cc1cccc(OCC(=O)N2CCN(c3ncnc4c3cnn4-c3cccc(Cl)c3)CC2)c1C. The molecule has 3 heterocycles. The lowest BCUT2D eigenvalue weighted by Crippen LogP contribution is -2.50. The van der Waals surface area contributed by atoms with Crippen molar-refractivity contribution in [3.05, 3.63) is 71.1 Å². The molecule has 1 aliphatic heterocycles. The topological polar surface area (TPSA) is 76.4 Å². The summed E-state index contributed by atoms with van der Waals surface area (Å²) in [6.45, 7) is 6.62. The molecule has 0 unspecified atom stereocenters. The predicted molar refractivity (Wildman–Crippen MR) is 132 cm³/mol. The van der Waals surface area contributed by atoms with Crippen LogP contribution in [0.25, 0.3) is 16.7 Å². The van der Waals surface area contributed by atoms with Crippen LogP contribution >= 0.6 is 11.6 Å². The maximum absolute atomic E-state index is 12.7. The lowest BCUT2D eigenvalue weighted by Gasteiger charge is -2.35. The van der Waals surface area contributed by atoms with Crippen molar-refractivity contribution in [1.82, 2.24) is 24.6 Å². The molecule has 1 aliphatic rings. The van der Waals surface area contributed by atoms with Gasteiger partial charge >= 0.3 is 0 Å². The van der Waals surface area contributed by atoms with Crippen molar-refractivity contribution in [3.8, 4) is 11.4 Å². The monoisotopic (exact) mass is 476 g/mol. The Morgan fingerprint density at radius 2 is 1.85 bits per heavy atom. The number of aryl methyl sites for hydroxylation is 1. The minimum absolute atomic E-state index is 0.0119. The van der Waals surface area contributed by atoms with Crippen LogP contribution in [0.15, 0.2) is 55.0 Å². The van der Waals surface area contributed by atoms with Gasteiger partial charge < -0.3 is 14.5 Å². The summed E-state index contributed by atoms with van der Waals surface area (Å²) in [7, 11) is 0. The Balaban J connectivity index is 1.26. The van der Waals surface area contributed by atoms with Crippen LogP contribution in [0.3, 0.4) is 0 Å². The molecule has 0 radical (unpaired) electrons. The zero-order chi connectivity index (χ0) is 23.7. The van der Waals surface area contributed by atoms with E-state index in [1.165, 1.54) is 0 Å². The largest absolute Gasteiger partial charge is 0.483 e. The molecule has 1 amide bonds. The van der Waals surface area contributed by atoms with E-state index in [-0.39, 0.29) is 12.5 Å². The van der Waals surface area contributed by atoms with E-state index in [2.05, 4.69) is 20.0 Å². The fourth-order valence-electron chi connectivity index (χ4n) is 4.16. The van der Waals surface area contributed by atoms with Gasteiger partial charge in [0.15, 0.2) is 12.3 Å². The molecule has 1 saturated heterocycles. The Morgan fingerprint density at radius 1 is 1.06 bits per heavy atom. The van der Waals surface area contributed by atoms with Crippen molar-refractivity contribution in [2.24, 2.45) is 0 Å². The van der Waals surface area contributed by atoms with Crippen molar-refractivity contribution < 1.29 is 9.53 Å². The molecule has 0 aliphatic carbocycles. The van der Waals surface area contributed by atoms with Gasteiger partial charge in [0.2, 0.25) is 0 Å². The van der Waals surface area contributed by atoms with E-state index in [9.17, 15) is 4.79 Å². The average Bonchev–Trinajstić information content (AvgIpc) is 3.29. The number of hydrogen-bond donors (Lipinski definition) is 0. The number of ether oxygens (including phenoxy) is 1. The van der Waals surface area contributed by atoms with Crippen molar-refractivity contribution in [1.29, 1.82) is 0 Å². The molecule has 0 spiro atoms. The number of halogens is 1. The summed E-state index contributed by atoms with van der Waals surface area (Å²) in [6, 6.07) is 13.4. The molecule has 174 valence electrons. The standard InChI is InChI=1S/C25H25ClN6O2/c1-17-5-3-8-22(18(17)2)34-15-23(33)30-9-11-31(12-10-30)24-21-14-29-32(25(21)28-16-27-24)20-7-4-6-19(26)13-20/h3-8,13-14,16H,9-12,15H2,1-2H3. The van der Waals surface area contributed by atoms with E-state index in [4.69, 9.17) is 16.3 Å². The summed E-state index contributed by atoms with van der Waals surface area (Å²) < 4.78 is 7.57. The molecule has 0 atom stereocenters. The molecule has 34 heavy (non-hydrogen) atoms. The van der Waals surface area contributed by atoms with Gasteiger partial charge in [-0.05, 0) is 49.2 Å². The smallest absolute Gasteiger partial charge is 0.260 e. The third kappa shape index (κ3) is 4.28. The summed E-state index contributed by atoms with van der Waals surface area (Å²) >= 11 is 6.15. The lowest BCUT2D eigenvalue weighted by molar-refractivity contribution is -0.133. The second-order valence-corrected chi connectivity index (χ2v) is 8.76. The number of benzene rings is 2. The first-order chi connectivity index (χ1) is 16.5. The maximum atomic E-state index is 12.7. The van der Waals surface area contributed by atoms with Gasteiger partial charge in [-0.3, -0.25) is 4.79 Å². The van der Waals surface area contributed by atoms with Crippen molar-refractivity contribution in [2.75, 3.05) is 37.7 Å². The van der Waals surface area contributed by atoms with Crippen molar-refractivity contribution in [2.45, 2.75) is 13.8 Å². The molecule has 2 aromatic carbocycles. The number of fused-ring (bicyclic) bond motifs is 1. The second kappa shape index (κ2) is 9.30. The van der Waals surface area contributed by atoms with Gasteiger partial charge in [-0.15, -0.1) is 0 Å². The minimum Gasteiger partial charge on any atom is -0.483 e. The summed E-state index contributed by atoms with van der Waals surface area (Å²) in [4.78, 5) is 25.7. The highest BCUT2D eigenvalue weighted by Crippen LogP contribution is 2.26. The zero-order valence-corrected chi connectivity index (χ0v) is 19.9. The predicted octanol–water partition coefficient (Wildman–Crippen LogP) is 3.81. The first kappa shape index (κ1) is 22.2. The van der Waals surface area contributed by atoms with Crippen LogP contribution in [-0.2, 0) is 4.79 Å². The van der Waals surface area contributed by atoms with E-state index in [1.54, 1.807) is 17.2 Å². The summed E-state index contributed by atoms with van der Waals surface area (Å²) in [6.07, 6.45) is 3.33. The van der Waals surface area contributed by atoms with Gasteiger partial charge in [0.1, 0.15) is 17.9 Å². The van der Waals surface area contributed by atoms with Crippen LogP contribution in [0, 0.1) is 13.8 Å². The summed E-state index contributed by atoms with van der Waals surface area (Å²) in [5.41, 5.74) is 3.76. The van der Waals surface area contributed by atoms with E-state index >= 15 is 0 Å². The Hall–Kier alpha value is -3.65. The molecule has 0 N–H and O–H groups in total. The van der Waals surface area contributed by atoms with Crippen LogP contribution in [0.2, 0.25) is 5.02 Å². The van der Waals surface area contributed by atoms with Gasteiger partial charge in [0.25, 0.3) is 5.91 Å². The number of piperazine rings is 1. The summed E-state index contributed by atoms with van der Waals surface area (Å²) in [5, 5.41) is 6.02. The van der Waals surface area contributed by atoms with E-state index < -0.39 is 0 Å². The van der Waals surface area contributed by atoms with E-state index in [0.717, 1.165) is 33.8 Å². The van der Waals surface area contributed by atoms with Crippen LogP contribution in [0.1, 0.15) is 11.1 Å². The fourth-order valence-corrected chi connectivity index (χ4v) is 4.34. The summed E-state index contributed by atoms with van der Waals surface area (Å²) in [5.74, 6) is 1.56. The Kier molecular flexibility index (Phi) is 6.06. The fraction of sp³-hybridized carbons (Fsp3) is 0.280. The molecule has 1 fully saturated rings. The van der Waals surface area contributed by atoms with Crippen LogP contribution < -0.4 is 9.64 Å². The highest BCUT2D eigenvalue weighted by atomic mass is 35.5. The molecule has 8 nitrogen and oxygen atoms in total. The molecule has 4 aromatic rings. The first-order valence-corrected chi connectivity index (χ1v) is 11.6. The number of nitrogens with zero attached hydrogens (tertiary/aromatic N) is 6. The van der Waals surface area contributed by atoms with Crippen molar-refractivity contribution in [3.63, 3.8) is 0 Å². The number of hydrogen-bond acceptors (Lipinski definition) is 6.